The number of rotatable bonds is 7. The van der Waals surface area contributed by atoms with Crippen molar-refractivity contribution in [3.05, 3.63) is 88.7 Å². The molecule has 1 amide bonds. The molecular weight excluding hydrogens is 486 g/mol. The first-order chi connectivity index (χ1) is 17.5. The molecule has 0 saturated carbocycles. The fraction of sp³-hybridized carbons (Fsp3) is 0.345. The third kappa shape index (κ3) is 5.58. The summed E-state index contributed by atoms with van der Waals surface area (Å²) in [5.41, 5.74) is 1.70. The van der Waals surface area contributed by atoms with E-state index in [2.05, 4.69) is 0 Å². The molecule has 1 saturated heterocycles. The van der Waals surface area contributed by atoms with Crippen LogP contribution in [0.3, 0.4) is 0 Å². The third-order valence-corrected chi connectivity index (χ3v) is 6.76. The Morgan fingerprint density at radius 2 is 1.73 bits per heavy atom. The van der Waals surface area contributed by atoms with Crippen molar-refractivity contribution in [1.29, 1.82) is 0 Å². The van der Waals surface area contributed by atoms with Crippen LogP contribution < -0.4 is 4.74 Å². The molecule has 3 aromatic rings. The molecule has 3 aromatic carbocycles. The van der Waals surface area contributed by atoms with E-state index < -0.39 is 29.8 Å². The lowest BCUT2D eigenvalue weighted by molar-refractivity contribution is -0.137. The fourth-order valence-electron chi connectivity index (χ4n) is 4.75. The topological polar surface area (TPSA) is 38.8 Å². The molecule has 1 aliphatic rings. The van der Waals surface area contributed by atoms with Crippen LogP contribution in [0.15, 0.2) is 60.7 Å². The van der Waals surface area contributed by atoms with Crippen molar-refractivity contribution < 1.29 is 31.8 Å². The van der Waals surface area contributed by atoms with Crippen molar-refractivity contribution in [2.75, 3.05) is 7.11 Å². The van der Waals surface area contributed by atoms with E-state index in [9.17, 15) is 22.4 Å². The Morgan fingerprint density at radius 3 is 2.35 bits per heavy atom. The number of carbonyl (C=O) groups is 1. The van der Waals surface area contributed by atoms with Crippen LogP contribution in [-0.2, 0) is 23.9 Å². The number of amides is 1. The lowest BCUT2D eigenvalue weighted by atomic mass is 9.91. The maximum atomic E-state index is 14.7. The van der Waals surface area contributed by atoms with Gasteiger partial charge in [0, 0.05) is 11.6 Å². The van der Waals surface area contributed by atoms with Gasteiger partial charge in [-0.2, -0.15) is 13.2 Å². The number of methoxy groups -OCH3 is 1. The van der Waals surface area contributed by atoms with Gasteiger partial charge in [0.15, 0.2) is 0 Å². The van der Waals surface area contributed by atoms with Gasteiger partial charge in [-0.25, -0.2) is 9.18 Å². The molecule has 0 unspecified atom stereocenters. The van der Waals surface area contributed by atoms with Gasteiger partial charge in [-0.05, 0) is 59.7 Å². The van der Waals surface area contributed by atoms with Crippen LogP contribution in [0.4, 0.5) is 22.4 Å². The van der Waals surface area contributed by atoms with E-state index in [4.69, 9.17) is 9.47 Å². The second-order valence-electron chi connectivity index (χ2n) is 9.57. The van der Waals surface area contributed by atoms with Crippen LogP contribution in [-0.4, -0.2) is 30.2 Å². The van der Waals surface area contributed by atoms with Gasteiger partial charge in [-0.3, -0.25) is 4.90 Å². The number of nitrogens with zero attached hydrogens (tertiary/aromatic N) is 1. The zero-order valence-electron chi connectivity index (χ0n) is 21.1. The van der Waals surface area contributed by atoms with E-state index in [-0.39, 0.29) is 29.8 Å². The Kier molecular flexibility index (Phi) is 7.48. The average Bonchev–Trinajstić information content (AvgIpc) is 3.10. The summed E-state index contributed by atoms with van der Waals surface area (Å²) in [6.07, 6.45) is -5.13. The van der Waals surface area contributed by atoms with E-state index in [1.165, 1.54) is 24.1 Å². The summed E-state index contributed by atoms with van der Waals surface area (Å²) in [6.45, 7) is 5.32. The van der Waals surface area contributed by atoms with Gasteiger partial charge in [-0.15, -0.1) is 0 Å². The fourth-order valence-corrected chi connectivity index (χ4v) is 4.75. The van der Waals surface area contributed by atoms with Gasteiger partial charge >= 0.3 is 12.3 Å². The molecule has 1 fully saturated rings. The lowest BCUT2D eigenvalue weighted by Gasteiger charge is -2.26. The number of cyclic esters (lactones) is 1. The van der Waals surface area contributed by atoms with E-state index in [1.807, 2.05) is 44.2 Å². The van der Waals surface area contributed by atoms with Crippen LogP contribution in [0.5, 0.6) is 5.75 Å². The quantitative estimate of drug-likeness (QED) is 0.304. The van der Waals surface area contributed by atoms with Crippen molar-refractivity contribution in [1.82, 2.24) is 4.90 Å². The largest absolute Gasteiger partial charge is 0.496 e. The first-order valence-corrected chi connectivity index (χ1v) is 12.1. The molecule has 4 nitrogen and oxygen atoms in total. The number of ether oxygens (including phenoxy) is 2. The molecule has 4 rings (SSSR count). The minimum atomic E-state index is -4.58. The molecule has 37 heavy (non-hydrogen) atoms. The molecule has 8 heteroatoms. The number of halogens is 4. The molecule has 0 bridgehead atoms. The van der Waals surface area contributed by atoms with Gasteiger partial charge in [-0.1, -0.05) is 50.2 Å². The Morgan fingerprint density at radius 1 is 1.03 bits per heavy atom. The highest BCUT2D eigenvalue weighted by atomic mass is 19.4. The molecule has 0 aromatic heterocycles. The van der Waals surface area contributed by atoms with Gasteiger partial charge in [0.25, 0.3) is 0 Å². The van der Waals surface area contributed by atoms with Gasteiger partial charge in [0.2, 0.25) is 0 Å². The van der Waals surface area contributed by atoms with E-state index >= 15 is 0 Å². The summed E-state index contributed by atoms with van der Waals surface area (Å²) in [4.78, 5) is 14.3. The van der Waals surface area contributed by atoms with E-state index in [1.54, 1.807) is 13.0 Å². The zero-order valence-corrected chi connectivity index (χ0v) is 21.1. The predicted molar refractivity (Wildman–Crippen MR) is 133 cm³/mol. The first kappa shape index (κ1) is 26.5. The minimum absolute atomic E-state index is 0.114. The second kappa shape index (κ2) is 10.4. The normalized spacial score (nSPS) is 17.9. The standard InChI is InChI=1S/C29H29F4NO3/c1-17(2)23-14-24(27(36-4)15-25(23)30)22-11-10-21(29(31,32)33)13-20(22)16-34-26(18(3)37-28(34)35)12-19-8-6-5-7-9-19/h5-11,13-15,17-18,26H,12,16H2,1-4H3/t18-,26+/m1/s1. The van der Waals surface area contributed by atoms with Crippen molar-refractivity contribution in [2.24, 2.45) is 0 Å². The molecule has 0 spiro atoms. The van der Waals surface area contributed by atoms with Crippen LogP contribution >= 0.6 is 0 Å². The number of benzene rings is 3. The summed E-state index contributed by atoms with van der Waals surface area (Å²) in [5, 5.41) is 0. The molecule has 196 valence electrons. The minimum Gasteiger partial charge on any atom is -0.496 e. The van der Waals surface area contributed by atoms with E-state index in [0.717, 1.165) is 17.7 Å². The highest BCUT2D eigenvalue weighted by Gasteiger charge is 2.40. The smallest absolute Gasteiger partial charge is 0.416 e. The number of hydrogen-bond acceptors (Lipinski definition) is 3. The SMILES string of the molecule is COc1cc(F)c(C(C)C)cc1-c1ccc(C(F)(F)F)cc1CN1C(=O)O[C@H](C)[C@@H]1Cc1ccccc1. The van der Waals surface area contributed by atoms with Crippen LogP contribution in [0, 0.1) is 5.82 Å². The van der Waals surface area contributed by atoms with Crippen molar-refractivity contribution >= 4 is 6.09 Å². The lowest BCUT2D eigenvalue weighted by Crippen LogP contribution is -2.37. The Hall–Kier alpha value is -3.55. The summed E-state index contributed by atoms with van der Waals surface area (Å²) >= 11 is 0. The van der Waals surface area contributed by atoms with E-state index in [0.29, 0.717) is 23.1 Å². The molecule has 0 radical (unpaired) electrons. The molecule has 2 atom stereocenters. The molecule has 0 N–H and O–H groups in total. The maximum absolute atomic E-state index is 14.7. The predicted octanol–water partition coefficient (Wildman–Crippen LogP) is 7.60. The Balaban J connectivity index is 1.82. The first-order valence-electron chi connectivity index (χ1n) is 12.1. The summed E-state index contributed by atoms with van der Waals surface area (Å²) in [5.74, 6) is -0.419. The number of alkyl halides is 3. The summed E-state index contributed by atoms with van der Waals surface area (Å²) in [6, 6.07) is 15.4. The van der Waals surface area contributed by atoms with Crippen molar-refractivity contribution in [2.45, 2.75) is 58.0 Å². The Labute approximate surface area is 213 Å². The third-order valence-electron chi connectivity index (χ3n) is 6.76. The maximum Gasteiger partial charge on any atom is 0.416 e. The van der Waals surface area contributed by atoms with Gasteiger partial charge in [0.1, 0.15) is 17.7 Å². The van der Waals surface area contributed by atoms with Crippen LogP contribution in [0.25, 0.3) is 11.1 Å². The van der Waals surface area contributed by atoms with Crippen molar-refractivity contribution in [3.8, 4) is 16.9 Å². The van der Waals surface area contributed by atoms with Gasteiger partial charge < -0.3 is 9.47 Å². The summed E-state index contributed by atoms with van der Waals surface area (Å²) < 4.78 is 66.7. The van der Waals surface area contributed by atoms with Crippen molar-refractivity contribution in [3.63, 3.8) is 0 Å². The average molecular weight is 516 g/mol. The highest BCUT2D eigenvalue weighted by molar-refractivity contribution is 5.76. The number of carbonyl (C=O) groups excluding carboxylic acids is 1. The molecular formula is C29H29F4NO3. The van der Waals surface area contributed by atoms with Gasteiger partial charge in [0.05, 0.1) is 25.3 Å². The monoisotopic (exact) mass is 515 g/mol. The summed E-state index contributed by atoms with van der Waals surface area (Å²) in [7, 11) is 1.38. The molecule has 0 aliphatic carbocycles. The molecule has 1 heterocycles. The Bertz CT molecular complexity index is 1270. The highest BCUT2D eigenvalue weighted by Crippen LogP contribution is 2.40. The van der Waals surface area contributed by atoms with Crippen LogP contribution in [0.2, 0.25) is 0 Å². The molecule has 1 aliphatic heterocycles. The van der Waals surface area contributed by atoms with Crippen LogP contribution in [0.1, 0.15) is 48.9 Å². The zero-order chi connectivity index (χ0) is 26.9. The number of hydrogen-bond donors (Lipinski definition) is 0. The second-order valence-corrected chi connectivity index (χ2v) is 9.57.